The molecule has 1 unspecified atom stereocenters. The third kappa shape index (κ3) is 3.85. The van der Waals surface area contributed by atoms with Crippen molar-refractivity contribution in [3.8, 4) is 0 Å². The Morgan fingerprint density at radius 1 is 1.15 bits per heavy atom. The van der Waals surface area contributed by atoms with Crippen LogP contribution >= 0.6 is 15.9 Å². The highest BCUT2D eigenvalue weighted by Crippen LogP contribution is 2.22. The van der Waals surface area contributed by atoms with Crippen molar-refractivity contribution in [3.05, 3.63) is 64.4 Å². The first-order chi connectivity index (χ1) is 12.5. The molecule has 26 heavy (non-hydrogen) atoms. The number of carbonyl (C=O) groups is 2. The highest BCUT2D eigenvalue weighted by Gasteiger charge is 2.18. The van der Waals surface area contributed by atoms with Crippen molar-refractivity contribution in [2.75, 3.05) is 6.54 Å². The Bertz CT molecular complexity index is 947. The van der Waals surface area contributed by atoms with E-state index < -0.39 is 0 Å². The number of Topliss-reactive ketones (excluding diaryl/α,β-unsaturated/α-hetero) is 1. The van der Waals surface area contributed by atoms with Crippen LogP contribution in [0.5, 0.6) is 0 Å². The second kappa shape index (κ2) is 7.83. The van der Waals surface area contributed by atoms with Gasteiger partial charge in [-0.05, 0) is 50.2 Å². The van der Waals surface area contributed by atoms with Crippen LogP contribution < -0.4 is 5.32 Å². The third-order valence-electron chi connectivity index (χ3n) is 4.39. The predicted molar refractivity (Wildman–Crippen MR) is 105 cm³/mol. The number of imidazole rings is 1. The summed E-state index contributed by atoms with van der Waals surface area (Å²) in [6.45, 7) is 3.90. The average Bonchev–Trinajstić information content (AvgIpc) is 2.99. The van der Waals surface area contributed by atoms with E-state index in [2.05, 4.69) is 26.2 Å². The fourth-order valence-electron chi connectivity index (χ4n) is 2.88. The van der Waals surface area contributed by atoms with E-state index in [9.17, 15) is 9.59 Å². The van der Waals surface area contributed by atoms with Crippen LogP contribution in [0.25, 0.3) is 11.0 Å². The number of ketones is 1. The fourth-order valence-corrected chi connectivity index (χ4v) is 3.14. The normalized spacial score (nSPS) is 12.1. The van der Waals surface area contributed by atoms with Crippen molar-refractivity contribution in [2.24, 2.45) is 0 Å². The third-order valence-corrected chi connectivity index (χ3v) is 4.91. The number of halogens is 1. The molecule has 0 aliphatic carbocycles. The fraction of sp³-hybridized carbons (Fsp3) is 0.250. The molecule has 0 fully saturated rings. The van der Waals surface area contributed by atoms with Crippen molar-refractivity contribution < 1.29 is 9.59 Å². The highest BCUT2D eigenvalue weighted by atomic mass is 79.9. The van der Waals surface area contributed by atoms with Crippen LogP contribution in [0.2, 0.25) is 0 Å². The van der Waals surface area contributed by atoms with Gasteiger partial charge in [-0.2, -0.15) is 0 Å². The summed E-state index contributed by atoms with van der Waals surface area (Å²) in [5, 5.41) is 2.91. The lowest BCUT2D eigenvalue weighted by Gasteiger charge is -2.15. The maximum atomic E-state index is 12.2. The van der Waals surface area contributed by atoms with Crippen LogP contribution in [0, 0.1) is 0 Å². The molecule has 1 amide bonds. The lowest BCUT2D eigenvalue weighted by atomic mass is 10.2. The molecule has 0 saturated heterocycles. The van der Waals surface area contributed by atoms with Crippen LogP contribution in [0.4, 0.5) is 0 Å². The molecule has 0 aliphatic heterocycles. The summed E-state index contributed by atoms with van der Waals surface area (Å²) in [4.78, 5) is 28.8. The van der Waals surface area contributed by atoms with E-state index in [4.69, 9.17) is 0 Å². The van der Waals surface area contributed by atoms with Gasteiger partial charge >= 0.3 is 0 Å². The highest BCUT2D eigenvalue weighted by molar-refractivity contribution is 9.10. The van der Waals surface area contributed by atoms with Gasteiger partial charge in [-0.3, -0.25) is 9.59 Å². The van der Waals surface area contributed by atoms with E-state index in [0.29, 0.717) is 18.5 Å². The lowest BCUT2D eigenvalue weighted by Crippen LogP contribution is -2.27. The van der Waals surface area contributed by atoms with E-state index in [1.165, 1.54) is 0 Å². The van der Waals surface area contributed by atoms with Crippen molar-refractivity contribution in [3.63, 3.8) is 0 Å². The minimum atomic E-state index is -0.292. The molecular weight excluding hydrogens is 394 g/mol. The molecule has 5 nitrogen and oxygen atoms in total. The molecular formula is C20H20BrN3O2. The van der Waals surface area contributed by atoms with Gasteiger partial charge in [0.15, 0.2) is 5.78 Å². The van der Waals surface area contributed by atoms with Gasteiger partial charge < -0.3 is 9.88 Å². The monoisotopic (exact) mass is 413 g/mol. The minimum absolute atomic E-state index is 0.0771. The number of nitrogens with one attached hydrogen (secondary N) is 1. The smallest absolute Gasteiger partial charge is 0.251 e. The number of hydrogen-bond donors (Lipinski definition) is 1. The van der Waals surface area contributed by atoms with Crippen molar-refractivity contribution in [1.82, 2.24) is 14.9 Å². The molecule has 1 atom stereocenters. The summed E-state index contributed by atoms with van der Waals surface area (Å²) in [5.74, 6) is 0.748. The first kappa shape index (κ1) is 18.3. The maximum absolute atomic E-state index is 12.2. The summed E-state index contributed by atoms with van der Waals surface area (Å²) >= 11 is 3.36. The van der Waals surface area contributed by atoms with Gasteiger partial charge in [0, 0.05) is 23.0 Å². The van der Waals surface area contributed by atoms with Gasteiger partial charge in [-0.15, -0.1) is 0 Å². The SMILES string of the molecule is CC(=O)C(C)n1c(CCNC(=O)c2ccc(Br)cc2)nc2ccccc21. The maximum Gasteiger partial charge on any atom is 0.251 e. The Balaban J connectivity index is 1.76. The average molecular weight is 414 g/mol. The minimum Gasteiger partial charge on any atom is -0.352 e. The summed E-state index contributed by atoms with van der Waals surface area (Å²) in [5.41, 5.74) is 2.40. The molecule has 6 heteroatoms. The molecule has 2 aromatic carbocycles. The Morgan fingerprint density at radius 3 is 2.54 bits per heavy atom. The molecule has 0 spiro atoms. The number of fused-ring (bicyclic) bond motifs is 1. The molecule has 3 rings (SSSR count). The van der Waals surface area contributed by atoms with Crippen LogP contribution in [0.15, 0.2) is 53.0 Å². The van der Waals surface area contributed by atoms with Crippen LogP contribution in [-0.4, -0.2) is 27.8 Å². The predicted octanol–water partition coefficient (Wildman–Crippen LogP) is 3.92. The van der Waals surface area contributed by atoms with Crippen molar-refractivity contribution >= 4 is 38.7 Å². The van der Waals surface area contributed by atoms with Gasteiger partial charge in [0.1, 0.15) is 5.82 Å². The number of aromatic nitrogens is 2. The zero-order valence-corrected chi connectivity index (χ0v) is 16.3. The van der Waals surface area contributed by atoms with E-state index in [1.807, 2.05) is 47.9 Å². The number of amides is 1. The van der Waals surface area contributed by atoms with Gasteiger partial charge in [-0.1, -0.05) is 28.1 Å². The van der Waals surface area contributed by atoms with E-state index in [1.54, 1.807) is 19.1 Å². The summed E-state index contributed by atoms with van der Waals surface area (Å²) in [6.07, 6.45) is 0.550. The Kier molecular flexibility index (Phi) is 5.52. The van der Waals surface area contributed by atoms with Gasteiger partial charge in [-0.25, -0.2) is 4.98 Å². The largest absolute Gasteiger partial charge is 0.352 e. The number of benzene rings is 2. The number of nitrogens with zero attached hydrogens (tertiary/aromatic N) is 2. The first-order valence-electron chi connectivity index (χ1n) is 8.47. The van der Waals surface area contributed by atoms with E-state index in [-0.39, 0.29) is 17.7 Å². The molecule has 1 heterocycles. The number of hydrogen-bond acceptors (Lipinski definition) is 3. The Labute approximate surface area is 160 Å². The zero-order chi connectivity index (χ0) is 18.7. The molecule has 1 N–H and O–H groups in total. The summed E-state index contributed by atoms with van der Waals surface area (Å²) < 4.78 is 2.89. The summed E-state index contributed by atoms with van der Waals surface area (Å²) in [7, 11) is 0. The first-order valence-corrected chi connectivity index (χ1v) is 9.26. The second-order valence-electron chi connectivity index (χ2n) is 6.19. The molecule has 3 aromatic rings. The van der Waals surface area contributed by atoms with Gasteiger partial charge in [0.2, 0.25) is 0 Å². The van der Waals surface area contributed by atoms with Gasteiger partial charge in [0.05, 0.1) is 17.1 Å². The Hall–Kier alpha value is -2.47. The van der Waals surface area contributed by atoms with Crippen LogP contribution in [-0.2, 0) is 11.2 Å². The number of carbonyl (C=O) groups excluding carboxylic acids is 2. The Morgan fingerprint density at radius 2 is 1.85 bits per heavy atom. The van der Waals surface area contributed by atoms with E-state index >= 15 is 0 Å². The molecule has 0 saturated carbocycles. The van der Waals surface area contributed by atoms with Crippen molar-refractivity contribution in [2.45, 2.75) is 26.3 Å². The zero-order valence-electron chi connectivity index (χ0n) is 14.7. The van der Waals surface area contributed by atoms with E-state index in [0.717, 1.165) is 21.3 Å². The standard InChI is InChI=1S/C20H20BrN3O2/c1-13(14(2)25)24-18-6-4-3-5-17(18)23-19(24)11-12-22-20(26)15-7-9-16(21)10-8-15/h3-10,13H,11-12H2,1-2H3,(H,22,26). The number of rotatable bonds is 6. The van der Waals surface area contributed by atoms with Crippen molar-refractivity contribution in [1.29, 1.82) is 0 Å². The summed E-state index contributed by atoms with van der Waals surface area (Å²) in [6, 6.07) is 14.7. The molecule has 134 valence electrons. The lowest BCUT2D eigenvalue weighted by molar-refractivity contribution is -0.119. The van der Waals surface area contributed by atoms with Crippen LogP contribution in [0.1, 0.15) is 36.1 Å². The number of para-hydroxylation sites is 2. The van der Waals surface area contributed by atoms with Crippen LogP contribution in [0.3, 0.4) is 0 Å². The molecule has 1 aromatic heterocycles. The molecule has 0 bridgehead atoms. The quantitative estimate of drug-likeness (QED) is 0.665. The molecule has 0 aliphatic rings. The topological polar surface area (TPSA) is 64.0 Å². The second-order valence-corrected chi connectivity index (χ2v) is 7.10. The molecule has 0 radical (unpaired) electrons. The van der Waals surface area contributed by atoms with Gasteiger partial charge in [0.25, 0.3) is 5.91 Å².